The molecule has 272 valence electrons. The number of amides is 2. The first-order chi connectivity index (χ1) is 22.5. The average Bonchev–Trinajstić information content (AvgIpc) is 3.22. The number of carbonyl (C=O) groups excluding carboxylic acids is 3. The van der Waals surface area contributed by atoms with Gasteiger partial charge in [-0.1, -0.05) is 124 Å². The molecular formula is C39H70N2O6. The fourth-order valence-electron chi connectivity index (χ4n) is 7.51. The number of carbonyl (C=O) groups is 3. The molecule has 3 aliphatic rings. The lowest BCUT2D eigenvalue weighted by atomic mass is 9.65. The molecule has 2 N–H and O–H groups in total. The molecule has 0 radical (unpaired) electrons. The van der Waals surface area contributed by atoms with Crippen LogP contribution in [0.25, 0.3) is 0 Å². The molecule has 2 aliphatic carbocycles. The Morgan fingerprint density at radius 3 is 1.96 bits per heavy atom. The van der Waals surface area contributed by atoms with E-state index in [0.717, 1.165) is 64.2 Å². The Morgan fingerprint density at radius 1 is 0.766 bits per heavy atom. The summed E-state index contributed by atoms with van der Waals surface area (Å²) in [4.78, 5) is 39.5. The van der Waals surface area contributed by atoms with Crippen molar-refractivity contribution in [1.29, 1.82) is 0 Å². The summed E-state index contributed by atoms with van der Waals surface area (Å²) in [6.45, 7) is 10.3. The van der Waals surface area contributed by atoms with E-state index in [1.807, 2.05) is 13.8 Å². The smallest absolute Gasteiger partial charge is 0.307 e. The van der Waals surface area contributed by atoms with Crippen molar-refractivity contribution in [2.45, 2.75) is 206 Å². The quantitative estimate of drug-likeness (QED) is 0.0724. The predicted molar refractivity (Wildman–Crippen MR) is 188 cm³/mol. The molecule has 8 heteroatoms. The Balaban J connectivity index is 1.36. The van der Waals surface area contributed by atoms with Gasteiger partial charge in [-0.2, -0.15) is 0 Å². The fourth-order valence-corrected chi connectivity index (χ4v) is 7.51. The molecule has 47 heavy (non-hydrogen) atoms. The molecule has 2 amide bonds. The molecular weight excluding hydrogens is 592 g/mol. The first-order valence-corrected chi connectivity index (χ1v) is 19.6. The number of hydrogen-bond donors (Lipinski definition) is 2. The van der Waals surface area contributed by atoms with E-state index >= 15 is 0 Å². The van der Waals surface area contributed by atoms with Crippen LogP contribution in [-0.4, -0.2) is 55.0 Å². The van der Waals surface area contributed by atoms with Crippen LogP contribution >= 0.6 is 0 Å². The molecule has 1 saturated heterocycles. The second-order valence-electron chi connectivity index (χ2n) is 16.1. The van der Waals surface area contributed by atoms with Crippen LogP contribution in [0.3, 0.4) is 0 Å². The highest BCUT2D eigenvalue weighted by Crippen LogP contribution is 2.46. The second kappa shape index (κ2) is 20.1. The third kappa shape index (κ3) is 13.6. The van der Waals surface area contributed by atoms with Gasteiger partial charge in [0, 0.05) is 17.4 Å². The minimum atomic E-state index is -0.833. The van der Waals surface area contributed by atoms with Gasteiger partial charge in [0.1, 0.15) is 12.2 Å². The minimum absolute atomic E-state index is 0.0823. The van der Waals surface area contributed by atoms with E-state index in [0.29, 0.717) is 6.61 Å². The van der Waals surface area contributed by atoms with E-state index in [4.69, 9.17) is 14.2 Å². The summed E-state index contributed by atoms with van der Waals surface area (Å²) in [5.74, 6) is -1.24. The summed E-state index contributed by atoms with van der Waals surface area (Å²) in [6, 6.07) is -0.147. The largest absolute Gasteiger partial charge is 0.460 e. The monoisotopic (exact) mass is 663 g/mol. The van der Waals surface area contributed by atoms with Crippen molar-refractivity contribution in [3.8, 4) is 0 Å². The molecule has 0 aromatic carbocycles. The van der Waals surface area contributed by atoms with Gasteiger partial charge in [-0.3, -0.25) is 14.4 Å². The molecule has 1 aliphatic heterocycles. The average molecular weight is 663 g/mol. The highest BCUT2D eigenvalue weighted by molar-refractivity contribution is 5.84. The molecule has 2 saturated carbocycles. The van der Waals surface area contributed by atoms with E-state index in [9.17, 15) is 14.4 Å². The van der Waals surface area contributed by atoms with Gasteiger partial charge in [-0.15, -0.1) is 0 Å². The lowest BCUT2D eigenvalue weighted by Crippen LogP contribution is -2.56. The lowest BCUT2D eigenvalue weighted by molar-refractivity contribution is -0.304. The number of nitrogens with one attached hydrogen (secondary N) is 2. The van der Waals surface area contributed by atoms with Crippen LogP contribution in [0.1, 0.15) is 182 Å². The molecule has 0 aromatic rings. The van der Waals surface area contributed by atoms with Crippen LogP contribution < -0.4 is 10.6 Å². The molecule has 0 aromatic heterocycles. The maximum Gasteiger partial charge on any atom is 0.307 e. The molecule has 8 nitrogen and oxygen atoms in total. The van der Waals surface area contributed by atoms with Gasteiger partial charge in [-0.25, -0.2) is 0 Å². The van der Waals surface area contributed by atoms with Gasteiger partial charge in [-0.05, 0) is 52.4 Å². The molecule has 1 heterocycles. The molecule has 3 unspecified atom stereocenters. The van der Waals surface area contributed by atoms with Crippen LogP contribution in [0.5, 0.6) is 0 Å². The Labute approximate surface area is 287 Å². The van der Waals surface area contributed by atoms with Crippen molar-refractivity contribution >= 4 is 17.8 Å². The predicted octanol–water partition coefficient (Wildman–Crippen LogP) is 8.68. The maximum atomic E-state index is 13.7. The van der Waals surface area contributed by atoms with Crippen molar-refractivity contribution in [2.24, 2.45) is 10.8 Å². The number of unbranched alkanes of at least 4 members (excludes halogenated alkanes) is 12. The van der Waals surface area contributed by atoms with Gasteiger partial charge in [0.05, 0.1) is 19.1 Å². The number of hydrogen-bond acceptors (Lipinski definition) is 6. The van der Waals surface area contributed by atoms with Crippen LogP contribution in [-0.2, 0) is 28.6 Å². The summed E-state index contributed by atoms with van der Waals surface area (Å²) in [5, 5.41) is 6.24. The normalized spacial score (nSPS) is 24.8. The number of esters is 1. The summed E-state index contributed by atoms with van der Waals surface area (Å²) in [5.41, 5.74) is -0.714. The first-order valence-electron chi connectivity index (χ1n) is 19.6. The van der Waals surface area contributed by atoms with Crippen molar-refractivity contribution in [1.82, 2.24) is 10.6 Å². The molecule has 0 bridgehead atoms. The highest BCUT2D eigenvalue weighted by Gasteiger charge is 2.46. The summed E-state index contributed by atoms with van der Waals surface area (Å²) in [7, 11) is 0. The van der Waals surface area contributed by atoms with E-state index in [-0.39, 0.29) is 48.3 Å². The minimum Gasteiger partial charge on any atom is -0.460 e. The van der Waals surface area contributed by atoms with Gasteiger partial charge in [0.15, 0.2) is 5.79 Å². The summed E-state index contributed by atoms with van der Waals surface area (Å²) < 4.78 is 17.6. The zero-order valence-corrected chi connectivity index (χ0v) is 30.9. The van der Waals surface area contributed by atoms with Crippen LogP contribution in [0.4, 0.5) is 0 Å². The van der Waals surface area contributed by atoms with Gasteiger partial charge < -0.3 is 24.8 Å². The summed E-state index contributed by atoms with van der Waals surface area (Å²) in [6.07, 6.45) is 25.1. The van der Waals surface area contributed by atoms with Crippen molar-refractivity contribution in [2.75, 3.05) is 13.2 Å². The standard InChI is InChI=1S/C39H70N2O6/c1-6-7-8-9-10-11-12-13-14-15-16-17-21-26-39(27-22-28-39)36(44)41-31-23-19-18-20-24-32(31)46-33(42)25-29-40-35(43)34-37(2,3)30-45-38(4,5)47-34/h31-32,34H,6-30H2,1-5H3,(H,40,43)(H,41,44). The van der Waals surface area contributed by atoms with Gasteiger partial charge in [0.2, 0.25) is 11.8 Å². The fraction of sp³-hybridized carbons (Fsp3) is 0.923. The van der Waals surface area contributed by atoms with E-state index in [1.54, 1.807) is 13.8 Å². The maximum absolute atomic E-state index is 13.7. The van der Waals surface area contributed by atoms with Crippen molar-refractivity contribution in [3.05, 3.63) is 0 Å². The number of ether oxygens (including phenoxy) is 3. The van der Waals surface area contributed by atoms with E-state index in [1.165, 1.54) is 77.0 Å². The van der Waals surface area contributed by atoms with Crippen LogP contribution in [0.15, 0.2) is 0 Å². The SMILES string of the molecule is CCCCCCCCCCCCCCCC1(C(=O)NC2CCCCCC2OC(=O)CCNC(=O)C2OC(C)(C)OCC2(C)C)CCC1. The second-order valence-corrected chi connectivity index (χ2v) is 16.1. The molecule has 3 atom stereocenters. The third-order valence-electron chi connectivity index (χ3n) is 10.9. The van der Waals surface area contributed by atoms with Crippen molar-refractivity contribution in [3.63, 3.8) is 0 Å². The Kier molecular flexibility index (Phi) is 17.0. The molecule has 3 fully saturated rings. The highest BCUT2D eigenvalue weighted by atomic mass is 16.7. The van der Waals surface area contributed by atoms with Crippen LogP contribution in [0.2, 0.25) is 0 Å². The van der Waals surface area contributed by atoms with Gasteiger partial charge in [0.25, 0.3) is 0 Å². The topological polar surface area (TPSA) is 103 Å². The Bertz CT molecular complexity index is 946. The van der Waals surface area contributed by atoms with Crippen molar-refractivity contribution < 1.29 is 28.6 Å². The van der Waals surface area contributed by atoms with Gasteiger partial charge >= 0.3 is 5.97 Å². The Hall–Kier alpha value is -1.67. The summed E-state index contributed by atoms with van der Waals surface area (Å²) >= 11 is 0. The first kappa shape index (κ1) is 39.8. The lowest BCUT2D eigenvalue weighted by Gasteiger charge is -2.44. The zero-order valence-electron chi connectivity index (χ0n) is 30.9. The van der Waals surface area contributed by atoms with Crippen LogP contribution in [0, 0.1) is 10.8 Å². The number of rotatable bonds is 21. The zero-order chi connectivity index (χ0) is 34.2. The Morgan fingerprint density at radius 2 is 1.36 bits per heavy atom. The molecule has 0 spiro atoms. The van der Waals surface area contributed by atoms with E-state index in [2.05, 4.69) is 17.6 Å². The molecule has 3 rings (SSSR count). The van der Waals surface area contributed by atoms with E-state index < -0.39 is 17.3 Å². The third-order valence-corrected chi connectivity index (χ3v) is 10.9.